The van der Waals surface area contributed by atoms with Crippen LogP contribution in [0.5, 0.6) is 0 Å². The third kappa shape index (κ3) is 6.08. The highest BCUT2D eigenvalue weighted by molar-refractivity contribution is 9.11. The number of halogens is 2. The first-order chi connectivity index (χ1) is 14.5. The highest BCUT2D eigenvalue weighted by Crippen LogP contribution is 2.29. The number of nitrogens with zero attached hydrogens (tertiary/aromatic N) is 4. The molecule has 6 nitrogen and oxygen atoms in total. The summed E-state index contributed by atoms with van der Waals surface area (Å²) in [6.45, 7) is 6.25. The van der Waals surface area contributed by atoms with Gasteiger partial charge in [-0.3, -0.25) is 4.98 Å². The maximum atomic E-state index is 11.3. The molecule has 2 fully saturated rings. The fourth-order valence-corrected chi connectivity index (χ4v) is 4.93. The summed E-state index contributed by atoms with van der Waals surface area (Å²) in [6.07, 6.45) is 11.0. The van der Waals surface area contributed by atoms with Gasteiger partial charge in [-0.15, -0.1) is 0 Å². The van der Waals surface area contributed by atoms with Crippen LogP contribution in [0.2, 0.25) is 0 Å². The molecule has 1 N–H and O–H groups in total. The van der Waals surface area contributed by atoms with Gasteiger partial charge in [-0.2, -0.15) is 4.73 Å². The van der Waals surface area contributed by atoms with E-state index >= 15 is 0 Å². The van der Waals surface area contributed by atoms with E-state index in [4.69, 9.17) is 5.11 Å². The van der Waals surface area contributed by atoms with Crippen molar-refractivity contribution in [2.45, 2.75) is 52.1 Å². The molecule has 2 aliphatic heterocycles. The van der Waals surface area contributed by atoms with E-state index in [0.717, 1.165) is 62.6 Å². The third-order valence-electron chi connectivity index (χ3n) is 5.62. The van der Waals surface area contributed by atoms with E-state index in [-0.39, 0.29) is 6.61 Å². The average Bonchev–Trinajstić information content (AvgIpc) is 2.78. The second kappa shape index (κ2) is 11.3. The van der Waals surface area contributed by atoms with Crippen LogP contribution in [-0.4, -0.2) is 36.3 Å². The van der Waals surface area contributed by atoms with Gasteiger partial charge in [0.15, 0.2) is 11.9 Å². The zero-order valence-corrected chi connectivity index (χ0v) is 20.7. The number of aliphatic hydroxyl groups is 1. The summed E-state index contributed by atoms with van der Waals surface area (Å²) in [7, 11) is 0. The van der Waals surface area contributed by atoms with Gasteiger partial charge in [0.1, 0.15) is 4.47 Å². The average molecular weight is 542 g/mol. The molecule has 2 aromatic rings. The number of hydrogen-bond donors (Lipinski definition) is 1. The summed E-state index contributed by atoms with van der Waals surface area (Å²) in [5, 5.41) is 20.4. The molecule has 4 rings (SSSR count). The number of pyridine rings is 2. The van der Waals surface area contributed by atoms with Crippen LogP contribution in [0.4, 0.5) is 11.4 Å². The molecule has 0 bridgehead atoms. The van der Waals surface area contributed by atoms with Gasteiger partial charge in [-0.05, 0) is 76.5 Å². The minimum absolute atomic E-state index is 0.00806. The van der Waals surface area contributed by atoms with Gasteiger partial charge >= 0.3 is 0 Å². The van der Waals surface area contributed by atoms with Gasteiger partial charge in [0.2, 0.25) is 0 Å². The molecule has 0 saturated carbocycles. The lowest BCUT2D eigenvalue weighted by molar-refractivity contribution is -0.612. The summed E-state index contributed by atoms with van der Waals surface area (Å²) < 4.78 is 2.81. The standard InChI is InChI=1S/2C11H15BrN2O/c1-9-7-11(10(12)8-14(9)15)13-5-3-2-4-6-13;12-10-7-13-9(8-15)6-11(10)14-4-2-1-3-5-14/h7-8H,2-6H2,1H3;6-7,15H,1-5,8H2. The summed E-state index contributed by atoms with van der Waals surface area (Å²) in [6, 6.07) is 3.93. The Morgan fingerprint density at radius 2 is 1.47 bits per heavy atom. The molecule has 0 radical (unpaired) electrons. The van der Waals surface area contributed by atoms with Crippen molar-refractivity contribution in [3.63, 3.8) is 0 Å². The first-order valence-electron chi connectivity index (χ1n) is 10.6. The van der Waals surface area contributed by atoms with Crippen molar-refractivity contribution in [1.82, 2.24) is 4.98 Å². The van der Waals surface area contributed by atoms with E-state index in [1.165, 1.54) is 38.5 Å². The Morgan fingerprint density at radius 1 is 0.933 bits per heavy atom. The molecule has 164 valence electrons. The van der Waals surface area contributed by atoms with E-state index < -0.39 is 0 Å². The molecule has 30 heavy (non-hydrogen) atoms. The second-order valence-corrected chi connectivity index (χ2v) is 9.56. The minimum Gasteiger partial charge on any atom is -0.618 e. The summed E-state index contributed by atoms with van der Waals surface area (Å²) >= 11 is 6.96. The molecule has 0 spiro atoms. The van der Waals surface area contributed by atoms with Gasteiger partial charge in [0.05, 0.1) is 28.1 Å². The SMILES string of the molecule is Cc1cc(N2CCCCC2)c(Br)c[n+]1[O-].OCc1cc(N2CCCCC2)c(Br)cn1. The van der Waals surface area contributed by atoms with Crippen molar-refractivity contribution in [1.29, 1.82) is 0 Å². The van der Waals surface area contributed by atoms with Crippen LogP contribution in [0.3, 0.4) is 0 Å². The molecule has 2 aliphatic rings. The van der Waals surface area contributed by atoms with Crippen molar-refractivity contribution in [3.05, 3.63) is 50.1 Å². The van der Waals surface area contributed by atoms with Crippen molar-refractivity contribution < 1.29 is 9.84 Å². The Labute approximate surface area is 195 Å². The zero-order chi connectivity index (χ0) is 21.5. The number of anilines is 2. The lowest BCUT2D eigenvalue weighted by atomic mass is 10.1. The molecule has 8 heteroatoms. The van der Waals surface area contributed by atoms with Gasteiger partial charge in [0, 0.05) is 45.4 Å². The molecule has 4 heterocycles. The van der Waals surface area contributed by atoms with Gasteiger partial charge in [0.25, 0.3) is 0 Å². The van der Waals surface area contributed by atoms with Crippen molar-refractivity contribution >= 4 is 43.2 Å². The number of aryl methyl sites for hydroxylation is 1. The van der Waals surface area contributed by atoms with Crippen molar-refractivity contribution in [2.24, 2.45) is 0 Å². The molecular formula is C22H30Br2N4O2. The zero-order valence-electron chi connectivity index (χ0n) is 17.5. The molecule has 0 aromatic carbocycles. The molecule has 0 amide bonds. The molecule has 2 aromatic heterocycles. The normalized spacial score (nSPS) is 16.8. The van der Waals surface area contributed by atoms with Crippen LogP contribution in [0.25, 0.3) is 0 Å². The summed E-state index contributed by atoms with van der Waals surface area (Å²) in [5.41, 5.74) is 3.80. The smallest absolute Gasteiger partial charge is 0.196 e. The number of hydrogen-bond acceptors (Lipinski definition) is 5. The van der Waals surface area contributed by atoms with Crippen LogP contribution in [0, 0.1) is 12.1 Å². The second-order valence-electron chi connectivity index (χ2n) is 7.85. The van der Waals surface area contributed by atoms with Crippen molar-refractivity contribution in [3.8, 4) is 0 Å². The number of aromatic nitrogens is 2. The largest absolute Gasteiger partial charge is 0.618 e. The fraction of sp³-hybridized carbons (Fsp3) is 0.545. The summed E-state index contributed by atoms with van der Waals surface area (Å²) in [4.78, 5) is 8.83. The lowest BCUT2D eigenvalue weighted by Gasteiger charge is -2.29. The van der Waals surface area contributed by atoms with E-state index in [9.17, 15) is 5.21 Å². The van der Waals surface area contributed by atoms with E-state index in [1.54, 1.807) is 12.4 Å². The van der Waals surface area contributed by atoms with Crippen LogP contribution < -0.4 is 14.5 Å². The predicted octanol–water partition coefficient (Wildman–Crippen LogP) is 4.71. The number of piperidine rings is 2. The highest BCUT2D eigenvalue weighted by Gasteiger charge is 2.17. The first kappa shape index (κ1) is 23.3. The number of aliphatic hydroxyl groups excluding tert-OH is 1. The van der Waals surface area contributed by atoms with Gasteiger partial charge in [-0.25, -0.2) is 0 Å². The Bertz CT molecular complexity index is 838. The lowest BCUT2D eigenvalue weighted by Crippen LogP contribution is -2.34. The minimum atomic E-state index is 0.00806. The Hall–Kier alpha value is -1.38. The van der Waals surface area contributed by atoms with Gasteiger partial charge in [-0.1, -0.05) is 0 Å². The third-order valence-corrected chi connectivity index (χ3v) is 6.84. The van der Waals surface area contributed by atoms with E-state index in [1.807, 2.05) is 19.1 Å². The van der Waals surface area contributed by atoms with Crippen LogP contribution in [-0.2, 0) is 6.61 Å². The van der Waals surface area contributed by atoms with Crippen LogP contribution in [0.1, 0.15) is 49.9 Å². The molecular weight excluding hydrogens is 512 g/mol. The highest BCUT2D eigenvalue weighted by atomic mass is 79.9. The number of rotatable bonds is 3. The molecule has 0 aliphatic carbocycles. The Balaban J connectivity index is 0.000000171. The molecule has 0 atom stereocenters. The first-order valence-corrected chi connectivity index (χ1v) is 12.2. The quantitative estimate of drug-likeness (QED) is 0.450. The predicted molar refractivity (Wildman–Crippen MR) is 128 cm³/mol. The maximum Gasteiger partial charge on any atom is 0.196 e. The van der Waals surface area contributed by atoms with E-state index in [2.05, 4.69) is 46.6 Å². The topological polar surface area (TPSA) is 66.5 Å². The molecule has 2 saturated heterocycles. The fourth-order valence-electron chi connectivity index (χ4n) is 3.91. The summed E-state index contributed by atoms with van der Waals surface area (Å²) in [5.74, 6) is 0. The molecule has 0 unspecified atom stereocenters. The van der Waals surface area contributed by atoms with Crippen LogP contribution in [0.15, 0.2) is 33.5 Å². The van der Waals surface area contributed by atoms with Crippen LogP contribution >= 0.6 is 31.9 Å². The van der Waals surface area contributed by atoms with Gasteiger partial charge < -0.3 is 20.1 Å². The van der Waals surface area contributed by atoms with Crippen molar-refractivity contribution in [2.75, 3.05) is 36.0 Å². The van der Waals surface area contributed by atoms with E-state index in [0.29, 0.717) is 0 Å². The Kier molecular flexibility index (Phi) is 8.77. The maximum absolute atomic E-state index is 11.3. The monoisotopic (exact) mass is 540 g/mol. The Morgan fingerprint density at radius 3 is 2.00 bits per heavy atom.